The van der Waals surface area contributed by atoms with Crippen LogP contribution in [0.25, 0.3) is 11.3 Å². The highest BCUT2D eigenvalue weighted by molar-refractivity contribution is 6.33. The third-order valence-electron chi connectivity index (χ3n) is 2.81. The molecule has 0 spiro atoms. The summed E-state index contributed by atoms with van der Waals surface area (Å²) in [5.74, 6) is 1.18. The van der Waals surface area contributed by atoms with Crippen molar-refractivity contribution < 1.29 is 4.74 Å². The van der Waals surface area contributed by atoms with Crippen LogP contribution in [0.1, 0.15) is 25.5 Å². The molecule has 0 radical (unpaired) electrons. The van der Waals surface area contributed by atoms with Crippen LogP contribution in [0.3, 0.4) is 0 Å². The summed E-state index contributed by atoms with van der Waals surface area (Å²) >= 11 is 6.22. The van der Waals surface area contributed by atoms with Gasteiger partial charge in [-0.3, -0.25) is 4.98 Å². The third-order valence-corrected chi connectivity index (χ3v) is 3.14. The fraction of sp³-hybridized carbons (Fsp3) is 0.267. The van der Waals surface area contributed by atoms with Crippen molar-refractivity contribution in [3.63, 3.8) is 0 Å². The number of hydrogen-bond donors (Lipinski definition) is 0. The van der Waals surface area contributed by atoms with E-state index in [4.69, 9.17) is 16.3 Å². The van der Waals surface area contributed by atoms with E-state index in [1.54, 1.807) is 7.11 Å². The van der Waals surface area contributed by atoms with E-state index >= 15 is 0 Å². The van der Waals surface area contributed by atoms with Crippen LogP contribution in [0.5, 0.6) is 5.75 Å². The largest absolute Gasteiger partial charge is 0.497 e. The van der Waals surface area contributed by atoms with Crippen LogP contribution >= 0.6 is 11.6 Å². The highest BCUT2D eigenvalue weighted by atomic mass is 35.5. The molecule has 1 aromatic carbocycles. The van der Waals surface area contributed by atoms with E-state index in [1.165, 1.54) is 0 Å². The van der Waals surface area contributed by atoms with E-state index in [1.807, 2.05) is 36.4 Å². The van der Waals surface area contributed by atoms with Crippen molar-refractivity contribution in [3.8, 4) is 17.0 Å². The first-order valence-corrected chi connectivity index (χ1v) is 6.30. The third kappa shape index (κ3) is 2.65. The molecule has 2 rings (SSSR count). The van der Waals surface area contributed by atoms with Crippen LogP contribution in [0.4, 0.5) is 0 Å². The van der Waals surface area contributed by atoms with E-state index < -0.39 is 0 Å². The molecular weight excluding hydrogens is 246 g/mol. The van der Waals surface area contributed by atoms with Crippen molar-refractivity contribution in [3.05, 3.63) is 47.1 Å². The number of ether oxygens (including phenoxy) is 1. The molecule has 1 heterocycles. The van der Waals surface area contributed by atoms with Crippen LogP contribution in [0.15, 0.2) is 36.4 Å². The van der Waals surface area contributed by atoms with Gasteiger partial charge in [-0.25, -0.2) is 0 Å². The van der Waals surface area contributed by atoms with Crippen LogP contribution < -0.4 is 4.74 Å². The Kier molecular flexibility index (Phi) is 3.87. The zero-order valence-corrected chi connectivity index (χ0v) is 11.5. The minimum absolute atomic E-state index is 0.398. The first kappa shape index (κ1) is 12.9. The zero-order valence-electron chi connectivity index (χ0n) is 10.8. The highest BCUT2D eigenvalue weighted by Crippen LogP contribution is 2.30. The minimum Gasteiger partial charge on any atom is -0.497 e. The molecule has 0 saturated heterocycles. The van der Waals surface area contributed by atoms with Gasteiger partial charge in [-0.2, -0.15) is 0 Å². The number of nitrogens with zero attached hydrogens (tertiary/aromatic N) is 1. The number of pyridine rings is 1. The van der Waals surface area contributed by atoms with Gasteiger partial charge in [-0.15, -0.1) is 0 Å². The first-order chi connectivity index (χ1) is 8.61. The summed E-state index contributed by atoms with van der Waals surface area (Å²) < 4.78 is 5.22. The molecular formula is C15H16ClNO. The molecule has 0 amide bonds. The highest BCUT2D eigenvalue weighted by Gasteiger charge is 2.08. The summed E-state index contributed by atoms with van der Waals surface area (Å²) in [5, 5.41) is 0.684. The lowest BCUT2D eigenvalue weighted by Crippen LogP contribution is -1.94. The van der Waals surface area contributed by atoms with Gasteiger partial charge in [0.15, 0.2) is 0 Å². The Bertz CT molecular complexity index is 552. The van der Waals surface area contributed by atoms with Gasteiger partial charge in [0.1, 0.15) is 5.75 Å². The van der Waals surface area contributed by atoms with Gasteiger partial charge in [-0.05, 0) is 36.2 Å². The summed E-state index contributed by atoms with van der Waals surface area (Å²) in [6, 6.07) is 11.6. The minimum atomic E-state index is 0.398. The number of aromatic nitrogens is 1. The lowest BCUT2D eigenvalue weighted by Gasteiger charge is -2.09. The molecule has 0 bridgehead atoms. The van der Waals surface area contributed by atoms with Crippen molar-refractivity contribution in [2.24, 2.45) is 0 Å². The maximum absolute atomic E-state index is 6.22. The summed E-state index contributed by atoms with van der Waals surface area (Å²) in [6.07, 6.45) is 0. The number of halogens is 1. The molecule has 0 fully saturated rings. The fourth-order valence-corrected chi connectivity index (χ4v) is 1.97. The Morgan fingerprint density at radius 2 is 1.94 bits per heavy atom. The molecule has 3 heteroatoms. The van der Waals surface area contributed by atoms with E-state index in [0.29, 0.717) is 10.9 Å². The molecule has 2 aromatic rings. The fourth-order valence-electron chi connectivity index (χ4n) is 1.75. The molecule has 0 atom stereocenters. The summed E-state index contributed by atoms with van der Waals surface area (Å²) in [6.45, 7) is 4.25. The standard InChI is InChI=1S/C15H16ClNO/c1-10(2)14-5-4-6-15(17-14)12-9-11(18-3)7-8-13(12)16/h4-10H,1-3H3. The van der Waals surface area contributed by atoms with Crippen LogP contribution in [0, 0.1) is 0 Å². The zero-order chi connectivity index (χ0) is 13.1. The number of rotatable bonds is 3. The topological polar surface area (TPSA) is 22.1 Å². The van der Waals surface area contributed by atoms with Gasteiger partial charge in [0.05, 0.1) is 17.8 Å². The molecule has 0 aliphatic carbocycles. The maximum atomic E-state index is 6.22. The maximum Gasteiger partial charge on any atom is 0.119 e. The second-order valence-corrected chi connectivity index (χ2v) is 4.86. The van der Waals surface area contributed by atoms with Gasteiger partial charge < -0.3 is 4.74 Å². The van der Waals surface area contributed by atoms with E-state index in [0.717, 1.165) is 22.7 Å². The van der Waals surface area contributed by atoms with Crippen molar-refractivity contribution in [1.29, 1.82) is 0 Å². The Balaban J connectivity index is 2.50. The Hall–Kier alpha value is -1.54. The Morgan fingerprint density at radius 3 is 2.61 bits per heavy atom. The predicted octanol–water partition coefficient (Wildman–Crippen LogP) is 4.53. The summed E-state index contributed by atoms with van der Waals surface area (Å²) in [7, 11) is 1.64. The molecule has 0 unspecified atom stereocenters. The SMILES string of the molecule is COc1ccc(Cl)c(-c2cccc(C(C)C)n2)c1. The van der Waals surface area contributed by atoms with E-state index in [2.05, 4.69) is 18.8 Å². The average Bonchev–Trinajstić information content (AvgIpc) is 2.39. The van der Waals surface area contributed by atoms with Crippen molar-refractivity contribution >= 4 is 11.6 Å². The molecule has 0 N–H and O–H groups in total. The van der Waals surface area contributed by atoms with Gasteiger partial charge in [0, 0.05) is 11.3 Å². The Morgan fingerprint density at radius 1 is 1.17 bits per heavy atom. The Labute approximate surface area is 113 Å². The second kappa shape index (κ2) is 5.40. The lowest BCUT2D eigenvalue weighted by molar-refractivity contribution is 0.415. The number of methoxy groups -OCH3 is 1. The molecule has 2 nitrogen and oxygen atoms in total. The summed E-state index contributed by atoms with van der Waals surface area (Å²) in [5.41, 5.74) is 2.84. The predicted molar refractivity (Wildman–Crippen MR) is 75.3 cm³/mol. The molecule has 0 saturated carbocycles. The van der Waals surface area contributed by atoms with E-state index in [-0.39, 0.29) is 0 Å². The number of hydrogen-bond acceptors (Lipinski definition) is 2. The van der Waals surface area contributed by atoms with Gasteiger partial charge in [0.2, 0.25) is 0 Å². The molecule has 18 heavy (non-hydrogen) atoms. The molecule has 1 aromatic heterocycles. The van der Waals surface area contributed by atoms with Gasteiger partial charge in [-0.1, -0.05) is 31.5 Å². The molecule has 94 valence electrons. The van der Waals surface area contributed by atoms with Crippen LogP contribution in [0.2, 0.25) is 5.02 Å². The van der Waals surface area contributed by atoms with Crippen LogP contribution in [-0.4, -0.2) is 12.1 Å². The molecule has 0 aliphatic heterocycles. The summed E-state index contributed by atoms with van der Waals surface area (Å²) in [4.78, 5) is 4.64. The van der Waals surface area contributed by atoms with E-state index in [9.17, 15) is 0 Å². The average molecular weight is 262 g/mol. The van der Waals surface area contributed by atoms with Crippen molar-refractivity contribution in [2.75, 3.05) is 7.11 Å². The lowest BCUT2D eigenvalue weighted by atomic mass is 10.1. The first-order valence-electron chi connectivity index (χ1n) is 5.92. The van der Waals surface area contributed by atoms with Crippen molar-refractivity contribution in [1.82, 2.24) is 4.98 Å². The smallest absolute Gasteiger partial charge is 0.119 e. The molecule has 0 aliphatic rings. The van der Waals surface area contributed by atoms with Gasteiger partial charge in [0.25, 0.3) is 0 Å². The van der Waals surface area contributed by atoms with Crippen molar-refractivity contribution in [2.45, 2.75) is 19.8 Å². The second-order valence-electron chi connectivity index (χ2n) is 4.45. The number of benzene rings is 1. The quantitative estimate of drug-likeness (QED) is 0.810. The monoisotopic (exact) mass is 261 g/mol. The van der Waals surface area contributed by atoms with Crippen LogP contribution in [-0.2, 0) is 0 Å². The normalized spacial score (nSPS) is 10.7. The van der Waals surface area contributed by atoms with Gasteiger partial charge >= 0.3 is 0 Å².